The van der Waals surface area contributed by atoms with E-state index in [4.69, 9.17) is 9.47 Å². The monoisotopic (exact) mass is 450 g/mol. The van der Waals surface area contributed by atoms with Crippen molar-refractivity contribution in [1.82, 2.24) is 10.2 Å². The van der Waals surface area contributed by atoms with Crippen LogP contribution in [0.1, 0.15) is 29.9 Å². The molecule has 0 bridgehead atoms. The summed E-state index contributed by atoms with van der Waals surface area (Å²) in [5, 5.41) is 12.3. The van der Waals surface area contributed by atoms with Crippen molar-refractivity contribution in [2.24, 2.45) is 0 Å². The van der Waals surface area contributed by atoms with Crippen LogP contribution in [-0.2, 0) is 14.3 Å². The summed E-state index contributed by atoms with van der Waals surface area (Å²) in [6.45, 7) is 3.76. The van der Waals surface area contributed by atoms with Crippen LogP contribution in [0, 0.1) is 0 Å². The van der Waals surface area contributed by atoms with Crippen molar-refractivity contribution >= 4 is 18.2 Å². The molecule has 172 valence electrons. The van der Waals surface area contributed by atoms with Gasteiger partial charge in [0.1, 0.15) is 6.61 Å². The van der Waals surface area contributed by atoms with Crippen molar-refractivity contribution in [3.63, 3.8) is 0 Å². The van der Waals surface area contributed by atoms with Crippen molar-refractivity contribution in [2.75, 3.05) is 26.3 Å². The number of carbonyl (C=O) groups is 3. The molecule has 2 amide bonds. The molecule has 2 aromatic rings. The quantitative estimate of drug-likeness (QED) is 0.492. The van der Waals surface area contributed by atoms with Gasteiger partial charge in [-0.15, -0.1) is 6.58 Å². The van der Waals surface area contributed by atoms with Gasteiger partial charge in [0, 0.05) is 18.9 Å². The fraction of sp³-hybridized carbons (Fsp3) is 0.320. The Hall–Kier alpha value is -3.81. The molecule has 1 heterocycles. The lowest BCUT2D eigenvalue weighted by atomic mass is 9.98. The smallest absolute Gasteiger partial charge is 0.409 e. The Labute approximate surface area is 191 Å². The van der Waals surface area contributed by atoms with Crippen LogP contribution in [0.4, 0.5) is 9.59 Å². The molecule has 1 atom stereocenters. The molecular weight excluding hydrogens is 424 g/mol. The van der Waals surface area contributed by atoms with E-state index in [0.29, 0.717) is 6.42 Å². The zero-order valence-corrected chi connectivity index (χ0v) is 18.2. The average Bonchev–Trinajstić information content (AvgIpc) is 3.38. The van der Waals surface area contributed by atoms with Crippen LogP contribution in [0.5, 0.6) is 0 Å². The predicted molar refractivity (Wildman–Crippen MR) is 121 cm³/mol. The Morgan fingerprint density at radius 1 is 1.09 bits per heavy atom. The van der Waals surface area contributed by atoms with Crippen LogP contribution in [0.2, 0.25) is 0 Å². The summed E-state index contributed by atoms with van der Waals surface area (Å²) in [5.74, 6) is -1.36. The first-order chi connectivity index (χ1) is 15.9. The van der Waals surface area contributed by atoms with Gasteiger partial charge < -0.3 is 24.8 Å². The average molecular weight is 450 g/mol. The number of alkyl carbamates (subject to hydrolysis) is 1. The van der Waals surface area contributed by atoms with Gasteiger partial charge >= 0.3 is 18.2 Å². The number of carbonyl (C=O) groups excluding carboxylic acids is 2. The molecule has 1 aliphatic heterocycles. The van der Waals surface area contributed by atoms with Crippen molar-refractivity contribution in [2.45, 2.75) is 24.3 Å². The molecular formula is C25H26N2O6. The zero-order valence-electron chi connectivity index (χ0n) is 18.2. The predicted octanol–water partition coefficient (Wildman–Crippen LogP) is 3.77. The molecule has 0 saturated carbocycles. The van der Waals surface area contributed by atoms with Crippen molar-refractivity contribution in [1.29, 1.82) is 0 Å². The molecule has 1 saturated heterocycles. The highest BCUT2D eigenvalue weighted by atomic mass is 16.6. The van der Waals surface area contributed by atoms with E-state index in [2.05, 4.69) is 11.9 Å². The molecule has 0 spiro atoms. The molecule has 2 N–H and O–H groups in total. The molecule has 0 radical (unpaired) electrons. The van der Waals surface area contributed by atoms with E-state index in [1.807, 2.05) is 48.5 Å². The van der Waals surface area contributed by atoms with Gasteiger partial charge in [0.15, 0.2) is 5.54 Å². The fourth-order valence-corrected chi connectivity index (χ4v) is 4.45. The van der Waals surface area contributed by atoms with Gasteiger partial charge in [-0.2, -0.15) is 0 Å². The second kappa shape index (κ2) is 9.36. The number of amides is 2. The third-order valence-electron chi connectivity index (χ3n) is 6.17. The molecule has 2 aliphatic rings. The van der Waals surface area contributed by atoms with Crippen LogP contribution in [0.3, 0.4) is 0 Å². The maximum Gasteiger partial charge on any atom is 0.409 e. The van der Waals surface area contributed by atoms with Crippen molar-refractivity contribution in [3.8, 4) is 11.1 Å². The Morgan fingerprint density at radius 3 is 2.33 bits per heavy atom. The normalized spacial score (nSPS) is 18.8. The first-order valence-corrected chi connectivity index (χ1v) is 10.8. The Balaban J connectivity index is 1.40. The molecule has 0 aromatic heterocycles. The zero-order chi connectivity index (χ0) is 23.4. The van der Waals surface area contributed by atoms with Gasteiger partial charge in [-0.25, -0.2) is 14.4 Å². The van der Waals surface area contributed by atoms with Crippen LogP contribution in [-0.4, -0.2) is 60.0 Å². The van der Waals surface area contributed by atoms with E-state index < -0.39 is 23.7 Å². The van der Waals surface area contributed by atoms with E-state index in [1.54, 1.807) is 6.08 Å². The summed E-state index contributed by atoms with van der Waals surface area (Å²) in [6, 6.07) is 15.9. The Kier molecular flexibility index (Phi) is 6.35. The summed E-state index contributed by atoms with van der Waals surface area (Å²) >= 11 is 0. The number of benzene rings is 2. The number of fused-ring (bicyclic) bond motifs is 3. The van der Waals surface area contributed by atoms with E-state index in [-0.39, 0.29) is 38.6 Å². The number of likely N-dealkylation sites (tertiary alicyclic amines) is 1. The number of aliphatic carboxylic acids is 1. The topological polar surface area (TPSA) is 105 Å². The number of hydrogen-bond donors (Lipinski definition) is 2. The number of hydrogen-bond acceptors (Lipinski definition) is 5. The highest BCUT2D eigenvalue weighted by Crippen LogP contribution is 2.44. The molecule has 33 heavy (non-hydrogen) atoms. The maximum absolute atomic E-state index is 12.6. The van der Waals surface area contributed by atoms with E-state index in [0.717, 1.165) is 22.3 Å². The minimum Gasteiger partial charge on any atom is -0.479 e. The Bertz CT molecular complexity index is 1040. The summed E-state index contributed by atoms with van der Waals surface area (Å²) in [4.78, 5) is 38.1. The van der Waals surface area contributed by atoms with E-state index in [1.165, 1.54) is 4.90 Å². The number of ether oxygens (including phenoxy) is 2. The number of carboxylic acids is 1. The standard InChI is InChI=1S/C25H26N2O6/c1-2-3-14-32-24(31)27-13-12-25(16-27,22(28)29)26-23(30)33-15-21-19-10-6-4-8-17(19)18-9-5-7-11-20(18)21/h2,4-11,21H,1,3,12-16H2,(H,26,30)(H,28,29)/t25-/m0/s1. The number of rotatable bonds is 7. The maximum atomic E-state index is 12.6. The van der Waals surface area contributed by atoms with E-state index >= 15 is 0 Å². The lowest BCUT2D eigenvalue weighted by Crippen LogP contribution is -2.56. The van der Waals surface area contributed by atoms with Crippen LogP contribution < -0.4 is 5.32 Å². The van der Waals surface area contributed by atoms with E-state index in [9.17, 15) is 19.5 Å². The third kappa shape index (κ3) is 4.41. The minimum atomic E-state index is -1.62. The van der Waals surface area contributed by atoms with Gasteiger partial charge in [0.05, 0.1) is 13.2 Å². The van der Waals surface area contributed by atoms with Crippen LogP contribution in [0.25, 0.3) is 11.1 Å². The number of nitrogens with zero attached hydrogens (tertiary/aromatic N) is 1. The fourth-order valence-electron chi connectivity index (χ4n) is 4.45. The van der Waals surface area contributed by atoms with Gasteiger partial charge in [0.2, 0.25) is 0 Å². The second-order valence-electron chi connectivity index (χ2n) is 8.20. The third-order valence-corrected chi connectivity index (χ3v) is 6.17. The highest BCUT2D eigenvalue weighted by Gasteiger charge is 2.48. The summed E-state index contributed by atoms with van der Waals surface area (Å²) in [7, 11) is 0. The minimum absolute atomic E-state index is 0.0586. The van der Waals surface area contributed by atoms with Gasteiger partial charge in [-0.05, 0) is 28.7 Å². The number of carboxylic acid groups (broad SMARTS) is 1. The number of nitrogens with one attached hydrogen (secondary N) is 1. The molecule has 0 unspecified atom stereocenters. The SMILES string of the molecule is C=CCCOC(=O)N1CC[C@@](NC(=O)OCC2c3ccccc3-c3ccccc32)(C(=O)O)C1. The molecule has 2 aromatic carbocycles. The Morgan fingerprint density at radius 2 is 1.73 bits per heavy atom. The second-order valence-corrected chi connectivity index (χ2v) is 8.20. The molecule has 1 fully saturated rings. The largest absolute Gasteiger partial charge is 0.479 e. The molecule has 8 nitrogen and oxygen atoms in total. The first-order valence-electron chi connectivity index (χ1n) is 10.8. The van der Waals surface area contributed by atoms with Gasteiger partial charge in [-0.1, -0.05) is 54.6 Å². The molecule has 8 heteroatoms. The van der Waals surface area contributed by atoms with Gasteiger partial charge in [0.25, 0.3) is 0 Å². The summed E-state index contributed by atoms with van der Waals surface area (Å²) in [5.41, 5.74) is 2.71. The summed E-state index contributed by atoms with van der Waals surface area (Å²) in [6.07, 6.45) is 0.734. The van der Waals surface area contributed by atoms with Crippen molar-refractivity contribution < 1.29 is 29.0 Å². The lowest BCUT2D eigenvalue weighted by molar-refractivity contribution is -0.144. The highest BCUT2D eigenvalue weighted by molar-refractivity contribution is 5.86. The van der Waals surface area contributed by atoms with Gasteiger partial charge in [-0.3, -0.25) is 0 Å². The first kappa shape index (κ1) is 22.4. The van der Waals surface area contributed by atoms with Crippen molar-refractivity contribution in [3.05, 3.63) is 72.3 Å². The molecule has 1 aliphatic carbocycles. The van der Waals surface area contributed by atoms with Crippen LogP contribution in [0.15, 0.2) is 61.2 Å². The van der Waals surface area contributed by atoms with Crippen LogP contribution >= 0.6 is 0 Å². The molecule has 4 rings (SSSR count). The lowest BCUT2D eigenvalue weighted by Gasteiger charge is -2.26. The summed E-state index contributed by atoms with van der Waals surface area (Å²) < 4.78 is 10.6.